The Balaban J connectivity index is 1.75. The van der Waals surface area contributed by atoms with E-state index in [9.17, 15) is 5.11 Å². The zero-order chi connectivity index (χ0) is 13.0. The second-order valence-corrected chi connectivity index (χ2v) is 6.92. The largest absolute Gasteiger partial charge is 0.390 e. The van der Waals surface area contributed by atoms with Gasteiger partial charge in [0.15, 0.2) is 0 Å². The fraction of sp³-hybridized carbons (Fsp3) is 1.00. The highest BCUT2D eigenvalue weighted by Crippen LogP contribution is 2.34. The minimum atomic E-state index is -0.307. The zero-order valence-corrected chi connectivity index (χ0v) is 12.3. The molecule has 0 aromatic heterocycles. The first kappa shape index (κ1) is 14.3. The minimum Gasteiger partial charge on any atom is -0.390 e. The van der Waals surface area contributed by atoms with E-state index in [1.807, 2.05) is 0 Å². The summed E-state index contributed by atoms with van der Waals surface area (Å²) >= 11 is 0. The van der Waals surface area contributed by atoms with Crippen LogP contribution < -0.4 is 0 Å². The quantitative estimate of drug-likeness (QED) is 0.828. The molecule has 2 nitrogen and oxygen atoms in total. The van der Waals surface area contributed by atoms with Crippen molar-refractivity contribution in [1.82, 2.24) is 4.90 Å². The molecule has 1 saturated carbocycles. The van der Waals surface area contributed by atoms with Gasteiger partial charge in [0, 0.05) is 12.6 Å². The molecule has 2 rings (SSSR count). The van der Waals surface area contributed by atoms with E-state index >= 15 is 0 Å². The van der Waals surface area contributed by atoms with Crippen molar-refractivity contribution in [3.05, 3.63) is 0 Å². The molecule has 0 bridgehead atoms. The van der Waals surface area contributed by atoms with Gasteiger partial charge in [0.25, 0.3) is 0 Å². The van der Waals surface area contributed by atoms with Gasteiger partial charge < -0.3 is 10.0 Å². The van der Waals surface area contributed by atoms with Gasteiger partial charge in [-0.1, -0.05) is 19.3 Å². The molecule has 0 amide bonds. The maximum absolute atomic E-state index is 10.6. The monoisotopic (exact) mass is 253 g/mol. The first-order valence-corrected chi connectivity index (χ1v) is 8.05. The normalized spacial score (nSPS) is 29.7. The van der Waals surface area contributed by atoms with Gasteiger partial charge in [-0.25, -0.2) is 0 Å². The van der Waals surface area contributed by atoms with Crippen LogP contribution in [0.25, 0.3) is 0 Å². The predicted octanol–water partition coefficient (Wildman–Crippen LogP) is 3.58. The van der Waals surface area contributed by atoms with Crippen molar-refractivity contribution >= 4 is 0 Å². The lowest BCUT2D eigenvalue weighted by atomic mass is 9.79. The molecule has 1 atom stereocenters. The van der Waals surface area contributed by atoms with E-state index in [-0.39, 0.29) is 5.60 Å². The molecule has 0 radical (unpaired) electrons. The maximum atomic E-state index is 10.6. The summed E-state index contributed by atoms with van der Waals surface area (Å²) in [7, 11) is 0. The Morgan fingerprint density at radius 1 is 1.17 bits per heavy atom. The predicted molar refractivity (Wildman–Crippen MR) is 76.7 cm³/mol. The van der Waals surface area contributed by atoms with Crippen molar-refractivity contribution in [3.63, 3.8) is 0 Å². The van der Waals surface area contributed by atoms with Gasteiger partial charge in [-0.15, -0.1) is 0 Å². The average molecular weight is 253 g/mol. The molecule has 1 unspecified atom stereocenters. The van der Waals surface area contributed by atoms with Crippen LogP contribution in [-0.4, -0.2) is 34.7 Å². The van der Waals surface area contributed by atoms with Gasteiger partial charge in [0.05, 0.1) is 5.60 Å². The SMILES string of the molecule is CC(C)N1CCCC(CCC2(O)CCCCC2)C1. The second-order valence-electron chi connectivity index (χ2n) is 6.92. The minimum absolute atomic E-state index is 0.307. The van der Waals surface area contributed by atoms with E-state index in [0.717, 1.165) is 25.2 Å². The second kappa shape index (κ2) is 6.38. The maximum Gasteiger partial charge on any atom is 0.0648 e. The van der Waals surface area contributed by atoms with Gasteiger partial charge in [0.2, 0.25) is 0 Å². The van der Waals surface area contributed by atoms with Crippen molar-refractivity contribution in [2.24, 2.45) is 5.92 Å². The van der Waals surface area contributed by atoms with E-state index in [1.54, 1.807) is 0 Å². The summed E-state index contributed by atoms with van der Waals surface area (Å²) in [5, 5.41) is 10.6. The lowest BCUT2D eigenvalue weighted by Crippen LogP contribution is -2.41. The molecule has 1 aliphatic heterocycles. The van der Waals surface area contributed by atoms with E-state index in [1.165, 1.54) is 51.6 Å². The third-order valence-electron chi connectivity index (χ3n) is 5.08. The fourth-order valence-corrected chi connectivity index (χ4v) is 3.73. The van der Waals surface area contributed by atoms with E-state index in [2.05, 4.69) is 18.7 Å². The van der Waals surface area contributed by atoms with Crippen molar-refractivity contribution in [2.45, 2.75) is 83.3 Å². The van der Waals surface area contributed by atoms with Crippen molar-refractivity contribution < 1.29 is 5.11 Å². The van der Waals surface area contributed by atoms with Crippen LogP contribution in [0.3, 0.4) is 0 Å². The standard InChI is InChI=1S/C16H31NO/c1-14(2)17-12-6-7-15(13-17)8-11-16(18)9-4-3-5-10-16/h14-15,18H,3-13H2,1-2H3. The summed E-state index contributed by atoms with van der Waals surface area (Å²) in [4.78, 5) is 2.61. The average Bonchev–Trinajstić information content (AvgIpc) is 2.38. The summed E-state index contributed by atoms with van der Waals surface area (Å²) in [5.41, 5.74) is -0.307. The van der Waals surface area contributed by atoms with Crippen LogP contribution in [0.2, 0.25) is 0 Å². The molecule has 2 fully saturated rings. The van der Waals surface area contributed by atoms with Gasteiger partial charge in [0.1, 0.15) is 0 Å². The first-order chi connectivity index (χ1) is 8.59. The summed E-state index contributed by atoms with van der Waals surface area (Å²) in [6.45, 7) is 7.14. The highest BCUT2D eigenvalue weighted by atomic mass is 16.3. The molecule has 0 spiro atoms. The zero-order valence-electron chi connectivity index (χ0n) is 12.3. The number of piperidine rings is 1. The van der Waals surface area contributed by atoms with Crippen LogP contribution in [0.15, 0.2) is 0 Å². The highest BCUT2D eigenvalue weighted by Gasteiger charge is 2.30. The van der Waals surface area contributed by atoms with Crippen LogP contribution >= 0.6 is 0 Å². The van der Waals surface area contributed by atoms with Crippen molar-refractivity contribution in [1.29, 1.82) is 0 Å². The molecule has 2 aliphatic rings. The highest BCUT2D eigenvalue weighted by molar-refractivity contribution is 4.84. The van der Waals surface area contributed by atoms with Crippen molar-refractivity contribution in [3.8, 4) is 0 Å². The summed E-state index contributed by atoms with van der Waals surface area (Å²) in [5.74, 6) is 0.826. The molecular formula is C16H31NO. The molecule has 1 N–H and O–H groups in total. The smallest absolute Gasteiger partial charge is 0.0648 e. The number of hydrogen-bond acceptors (Lipinski definition) is 2. The lowest BCUT2D eigenvalue weighted by molar-refractivity contribution is -0.0124. The van der Waals surface area contributed by atoms with Gasteiger partial charge in [-0.05, 0) is 64.8 Å². The molecule has 1 saturated heterocycles. The van der Waals surface area contributed by atoms with Gasteiger partial charge in [-0.3, -0.25) is 0 Å². The van der Waals surface area contributed by atoms with E-state index in [4.69, 9.17) is 0 Å². The Morgan fingerprint density at radius 2 is 1.89 bits per heavy atom. The molecule has 1 aliphatic carbocycles. The lowest BCUT2D eigenvalue weighted by Gasteiger charge is -2.38. The Bertz CT molecular complexity index is 245. The molecular weight excluding hydrogens is 222 g/mol. The molecule has 0 aromatic rings. The topological polar surface area (TPSA) is 23.5 Å². The molecule has 106 valence electrons. The first-order valence-electron chi connectivity index (χ1n) is 8.05. The van der Waals surface area contributed by atoms with Crippen molar-refractivity contribution in [2.75, 3.05) is 13.1 Å². The molecule has 2 heteroatoms. The van der Waals surface area contributed by atoms with Crippen LogP contribution in [-0.2, 0) is 0 Å². The van der Waals surface area contributed by atoms with E-state index < -0.39 is 0 Å². The Hall–Kier alpha value is -0.0800. The number of nitrogens with zero attached hydrogens (tertiary/aromatic N) is 1. The molecule has 18 heavy (non-hydrogen) atoms. The van der Waals surface area contributed by atoms with Crippen LogP contribution in [0, 0.1) is 5.92 Å². The van der Waals surface area contributed by atoms with Crippen LogP contribution in [0.5, 0.6) is 0 Å². The van der Waals surface area contributed by atoms with Gasteiger partial charge >= 0.3 is 0 Å². The number of likely N-dealkylation sites (tertiary alicyclic amines) is 1. The van der Waals surface area contributed by atoms with Crippen LogP contribution in [0.1, 0.15) is 71.6 Å². The Kier molecular flexibility index (Phi) is 5.08. The number of aliphatic hydroxyl groups is 1. The fourth-order valence-electron chi connectivity index (χ4n) is 3.73. The Labute approximate surface area is 113 Å². The number of rotatable bonds is 4. The summed E-state index contributed by atoms with van der Waals surface area (Å²) in [6, 6.07) is 0.686. The molecule has 0 aromatic carbocycles. The third-order valence-corrected chi connectivity index (χ3v) is 5.08. The summed E-state index contributed by atoms with van der Waals surface area (Å²) < 4.78 is 0. The third kappa shape index (κ3) is 3.96. The van der Waals surface area contributed by atoms with Gasteiger partial charge in [-0.2, -0.15) is 0 Å². The summed E-state index contributed by atoms with van der Waals surface area (Å²) in [6.07, 6.45) is 10.9. The van der Waals surface area contributed by atoms with E-state index in [0.29, 0.717) is 6.04 Å². The van der Waals surface area contributed by atoms with Crippen LogP contribution in [0.4, 0.5) is 0 Å². The molecule has 1 heterocycles. The Morgan fingerprint density at radius 3 is 2.56 bits per heavy atom. The number of hydrogen-bond donors (Lipinski definition) is 1.